The van der Waals surface area contributed by atoms with Crippen LogP contribution in [-0.4, -0.2) is 112 Å². The molecule has 3 unspecified atom stereocenters. The number of unbranched alkanes of at least 4 members (excludes halogenated alkanes) is 2. The molecule has 3 amide bonds. The van der Waals surface area contributed by atoms with Gasteiger partial charge in [0.05, 0.1) is 25.1 Å². The number of hydroxylamine groups is 2. The Balaban J connectivity index is 1.69. The van der Waals surface area contributed by atoms with Gasteiger partial charge in [0.25, 0.3) is 5.91 Å². The zero-order valence-electron chi connectivity index (χ0n) is 30.6. The molecule has 0 aromatic heterocycles. The molecule has 0 spiro atoms. The molecule has 2 aliphatic heterocycles. The van der Waals surface area contributed by atoms with Crippen molar-refractivity contribution < 1.29 is 52.4 Å². The predicted octanol–water partition coefficient (Wildman–Crippen LogP) is 1.46. The van der Waals surface area contributed by atoms with Crippen LogP contribution in [0.1, 0.15) is 64.0 Å². The minimum absolute atomic E-state index is 0.00484. The van der Waals surface area contributed by atoms with E-state index in [9.17, 15) is 19.2 Å². The Morgan fingerprint density at radius 2 is 1.85 bits per heavy atom. The quantitative estimate of drug-likeness (QED) is 0.0439. The van der Waals surface area contributed by atoms with Gasteiger partial charge in [-0.3, -0.25) is 19.2 Å². The normalized spacial score (nSPS) is 24.9. The SMILES string of the molecule is C/C=C/C(=O)OC1C2OC2C[C@]2(C(=O)NCCCCCC(N)=O)ON(Cc3cccc(C#CC(OCC)OCC)c3)[C@H](C(=O)NCC(OC)OC)[C@H]12. The molecular formula is C37H52N4O11. The van der Waals surface area contributed by atoms with E-state index in [0.717, 1.165) is 5.56 Å². The van der Waals surface area contributed by atoms with Crippen LogP contribution in [0.2, 0.25) is 0 Å². The number of hydrogen-bond donors (Lipinski definition) is 3. The van der Waals surface area contributed by atoms with E-state index in [-0.39, 0.29) is 31.8 Å². The molecule has 52 heavy (non-hydrogen) atoms. The zero-order chi connectivity index (χ0) is 37.7. The van der Waals surface area contributed by atoms with Gasteiger partial charge in [0, 0.05) is 58.5 Å². The van der Waals surface area contributed by atoms with Crippen molar-refractivity contribution >= 4 is 23.7 Å². The Morgan fingerprint density at radius 3 is 2.52 bits per heavy atom. The molecule has 1 aliphatic carbocycles. The fourth-order valence-corrected chi connectivity index (χ4v) is 6.66. The van der Waals surface area contributed by atoms with Crippen molar-refractivity contribution in [3.8, 4) is 11.8 Å². The standard InChI is InChI=1S/C37H52N4O11/c1-6-13-28(43)51-34-31-32(35(44)40-22-30(46-4)47-5)41(23-25-15-12-14-24(20-25)17-18-29(48-7-2)49-8-3)52-37(31,21-26-33(34)50-26)36(45)39-19-11-9-10-16-27(38)42/h6,12-15,20,26,29-34H,7-11,16,19,21-23H2,1-5H3,(H2,38,42)(H,39,45)(H,40,44)/b13-6+/t26?,31-,32+,33?,34?,37+/m1/s1. The maximum absolute atomic E-state index is 14.3. The zero-order valence-corrected chi connectivity index (χ0v) is 30.6. The first-order chi connectivity index (χ1) is 25.1. The van der Waals surface area contributed by atoms with Crippen molar-refractivity contribution in [2.45, 2.75) is 102 Å². The van der Waals surface area contributed by atoms with Gasteiger partial charge in [-0.25, -0.2) is 4.79 Å². The number of nitrogens with two attached hydrogens (primary N) is 1. The minimum atomic E-state index is -1.63. The number of amides is 3. The van der Waals surface area contributed by atoms with Crippen LogP contribution < -0.4 is 16.4 Å². The number of epoxide rings is 1. The molecular weight excluding hydrogens is 676 g/mol. The van der Waals surface area contributed by atoms with Gasteiger partial charge in [0.2, 0.25) is 18.1 Å². The summed E-state index contributed by atoms with van der Waals surface area (Å²) < 4.78 is 33.6. The molecule has 15 nitrogen and oxygen atoms in total. The highest BCUT2D eigenvalue weighted by molar-refractivity contribution is 5.91. The number of fused-ring (bicyclic) bond motifs is 2. The molecule has 2 saturated heterocycles. The van der Waals surface area contributed by atoms with Gasteiger partial charge >= 0.3 is 5.97 Å². The lowest BCUT2D eigenvalue weighted by atomic mass is 9.70. The van der Waals surface area contributed by atoms with Gasteiger partial charge in [-0.05, 0) is 57.2 Å². The summed E-state index contributed by atoms with van der Waals surface area (Å²) in [7, 11) is 2.91. The van der Waals surface area contributed by atoms with E-state index < -0.39 is 66.2 Å². The minimum Gasteiger partial charge on any atom is -0.456 e. The highest BCUT2D eigenvalue weighted by Crippen LogP contribution is 2.54. The van der Waals surface area contributed by atoms with Crippen LogP contribution in [0.5, 0.6) is 0 Å². The number of esters is 1. The van der Waals surface area contributed by atoms with Crippen LogP contribution in [0.15, 0.2) is 36.4 Å². The molecule has 1 saturated carbocycles. The number of allylic oxidation sites excluding steroid dienone is 1. The molecule has 4 rings (SSSR count). The van der Waals surface area contributed by atoms with E-state index in [1.54, 1.807) is 13.0 Å². The first kappa shape index (κ1) is 40.9. The third-order valence-electron chi connectivity index (χ3n) is 9.07. The molecule has 3 fully saturated rings. The highest BCUT2D eigenvalue weighted by atomic mass is 16.7. The second-order valence-corrected chi connectivity index (χ2v) is 12.7. The van der Waals surface area contributed by atoms with Crippen molar-refractivity contribution in [3.05, 3.63) is 47.5 Å². The lowest BCUT2D eigenvalue weighted by molar-refractivity contribution is -0.220. The summed E-state index contributed by atoms with van der Waals surface area (Å²) in [5, 5.41) is 7.34. The van der Waals surface area contributed by atoms with Crippen LogP contribution in [0.4, 0.5) is 0 Å². The van der Waals surface area contributed by atoms with E-state index in [1.807, 2.05) is 38.1 Å². The van der Waals surface area contributed by atoms with Crippen LogP contribution >= 0.6 is 0 Å². The number of rotatable bonds is 20. The first-order valence-electron chi connectivity index (χ1n) is 17.8. The molecule has 2 heterocycles. The number of carbonyl (C=O) groups is 4. The van der Waals surface area contributed by atoms with Gasteiger partial charge in [-0.2, -0.15) is 5.06 Å². The van der Waals surface area contributed by atoms with Gasteiger partial charge < -0.3 is 44.8 Å². The van der Waals surface area contributed by atoms with E-state index >= 15 is 0 Å². The van der Waals surface area contributed by atoms with Crippen molar-refractivity contribution in [1.82, 2.24) is 15.7 Å². The fraction of sp³-hybridized carbons (Fsp3) is 0.622. The van der Waals surface area contributed by atoms with Crippen LogP contribution in [0.3, 0.4) is 0 Å². The Hall–Kier alpha value is -3.88. The molecule has 0 bridgehead atoms. The van der Waals surface area contributed by atoms with Crippen molar-refractivity contribution in [2.24, 2.45) is 11.7 Å². The molecule has 6 atom stereocenters. The highest BCUT2D eigenvalue weighted by Gasteiger charge is 2.73. The van der Waals surface area contributed by atoms with Crippen LogP contribution in [0.25, 0.3) is 0 Å². The van der Waals surface area contributed by atoms with Crippen molar-refractivity contribution in [3.63, 3.8) is 0 Å². The number of ether oxygens (including phenoxy) is 6. The molecule has 15 heteroatoms. The Morgan fingerprint density at radius 1 is 1.10 bits per heavy atom. The second kappa shape index (κ2) is 19.8. The monoisotopic (exact) mass is 728 g/mol. The molecule has 0 radical (unpaired) electrons. The Bertz CT molecular complexity index is 1470. The number of nitrogens with zero attached hydrogens (tertiary/aromatic N) is 1. The Kier molecular flexibility index (Phi) is 15.6. The summed E-state index contributed by atoms with van der Waals surface area (Å²) in [6.45, 7) is 6.66. The van der Waals surface area contributed by atoms with E-state index in [2.05, 4.69) is 22.5 Å². The number of benzene rings is 1. The van der Waals surface area contributed by atoms with Gasteiger partial charge in [0.15, 0.2) is 11.9 Å². The maximum Gasteiger partial charge on any atom is 0.330 e. The summed E-state index contributed by atoms with van der Waals surface area (Å²) in [6.07, 6.45) is 1.70. The van der Waals surface area contributed by atoms with Crippen LogP contribution in [-0.2, 0) is 59.0 Å². The maximum atomic E-state index is 14.3. The number of hydrogen-bond acceptors (Lipinski definition) is 12. The number of methoxy groups -OCH3 is 2. The molecule has 1 aromatic rings. The summed E-state index contributed by atoms with van der Waals surface area (Å²) in [5.41, 5.74) is 5.06. The second-order valence-electron chi connectivity index (χ2n) is 12.7. The average Bonchev–Trinajstić information content (AvgIpc) is 3.81. The Labute approximate surface area is 305 Å². The lowest BCUT2D eigenvalue weighted by Crippen LogP contribution is -2.62. The van der Waals surface area contributed by atoms with E-state index in [4.69, 9.17) is 39.0 Å². The van der Waals surface area contributed by atoms with Crippen molar-refractivity contribution in [2.75, 3.05) is 40.5 Å². The summed E-state index contributed by atoms with van der Waals surface area (Å²) >= 11 is 0. The first-order valence-corrected chi connectivity index (χ1v) is 17.8. The van der Waals surface area contributed by atoms with E-state index in [0.29, 0.717) is 44.6 Å². The summed E-state index contributed by atoms with van der Waals surface area (Å²) in [5.74, 6) is 3.17. The van der Waals surface area contributed by atoms with Crippen LogP contribution in [0, 0.1) is 17.8 Å². The van der Waals surface area contributed by atoms with E-state index in [1.165, 1.54) is 25.4 Å². The third kappa shape index (κ3) is 10.6. The predicted molar refractivity (Wildman–Crippen MR) is 186 cm³/mol. The molecule has 4 N–H and O–H groups in total. The number of primary amides is 1. The smallest absolute Gasteiger partial charge is 0.330 e. The summed E-state index contributed by atoms with van der Waals surface area (Å²) in [4.78, 5) is 59.4. The molecule has 1 aromatic carbocycles. The molecule has 286 valence electrons. The van der Waals surface area contributed by atoms with Gasteiger partial charge in [0.1, 0.15) is 18.2 Å². The van der Waals surface area contributed by atoms with Crippen molar-refractivity contribution in [1.29, 1.82) is 0 Å². The van der Waals surface area contributed by atoms with Gasteiger partial charge in [-0.15, -0.1) is 0 Å². The lowest BCUT2D eigenvalue weighted by Gasteiger charge is -2.38. The third-order valence-corrected chi connectivity index (χ3v) is 9.07. The topological polar surface area (TPSA) is 190 Å². The number of nitrogens with one attached hydrogen (secondary N) is 2. The average molecular weight is 729 g/mol. The number of carbonyl (C=O) groups excluding carboxylic acids is 4. The largest absolute Gasteiger partial charge is 0.456 e. The fourth-order valence-electron chi connectivity index (χ4n) is 6.66. The summed E-state index contributed by atoms with van der Waals surface area (Å²) in [6, 6.07) is 6.29. The van der Waals surface area contributed by atoms with Gasteiger partial charge in [-0.1, -0.05) is 30.6 Å². The molecule has 3 aliphatic rings.